The molecule has 0 unspecified atom stereocenters. The second-order valence-electron chi connectivity index (χ2n) is 3.75. The second kappa shape index (κ2) is 5.51. The van der Waals surface area contributed by atoms with Crippen LogP contribution in [0.5, 0.6) is 0 Å². The van der Waals surface area contributed by atoms with Gasteiger partial charge in [-0.2, -0.15) is 0 Å². The SMILES string of the molecule is CCOCCCc1nc2cc(Br)cc(N)c2o1. The number of aromatic nitrogens is 1. The predicted octanol–water partition coefficient (Wildman–Crippen LogP) is 3.14. The van der Waals surface area contributed by atoms with Gasteiger partial charge < -0.3 is 14.9 Å². The molecule has 4 nitrogen and oxygen atoms in total. The lowest BCUT2D eigenvalue weighted by atomic mass is 10.3. The smallest absolute Gasteiger partial charge is 0.195 e. The molecular weight excluding hydrogens is 284 g/mol. The van der Waals surface area contributed by atoms with Crippen LogP contribution < -0.4 is 5.73 Å². The predicted molar refractivity (Wildman–Crippen MR) is 70.9 cm³/mol. The first-order valence-electron chi connectivity index (χ1n) is 5.63. The molecule has 17 heavy (non-hydrogen) atoms. The molecule has 0 atom stereocenters. The van der Waals surface area contributed by atoms with Crippen molar-refractivity contribution in [2.45, 2.75) is 19.8 Å². The van der Waals surface area contributed by atoms with Gasteiger partial charge in [0.15, 0.2) is 11.5 Å². The summed E-state index contributed by atoms with van der Waals surface area (Å²) in [6.07, 6.45) is 1.67. The maximum atomic E-state index is 5.86. The molecule has 0 aliphatic carbocycles. The van der Waals surface area contributed by atoms with Crippen LogP contribution in [0.2, 0.25) is 0 Å². The van der Waals surface area contributed by atoms with Gasteiger partial charge in [-0.05, 0) is 25.5 Å². The number of hydrogen-bond donors (Lipinski definition) is 1. The lowest BCUT2D eigenvalue weighted by Crippen LogP contribution is -1.95. The Kier molecular flexibility index (Phi) is 4.02. The van der Waals surface area contributed by atoms with Crippen molar-refractivity contribution in [2.75, 3.05) is 18.9 Å². The number of nitrogens with zero attached hydrogens (tertiary/aromatic N) is 1. The van der Waals surface area contributed by atoms with Crippen LogP contribution in [-0.2, 0) is 11.2 Å². The Bertz CT molecular complexity index is 510. The van der Waals surface area contributed by atoms with E-state index in [1.54, 1.807) is 0 Å². The Morgan fingerprint density at radius 2 is 2.29 bits per heavy atom. The molecule has 1 heterocycles. The minimum Gasteiger partial charge on any atom is -0.439 e. The molecule has 1 aromatic heterocycles. The van der Waals surface area contributed by atoms with E-state index in [0.717, 1.165) is 36.0 Å². The number of fused-ring (bicyclic) bond motifs is 1. The van der Waals surface area contributed by atoms with Gasteiger partial charge in [-0.15, -0.1) is 0 Å². The zero-order valence-corrected chi connectivity index (χ0v) is 11.3. The molecule has 0 spiro atoms. The maximum absolute atomic E-state index is 5.86. The first-order chi connectivity index (χ1) is 8.20. The quantitative estimate of drug-likeness (QED) is 0.680. The molecule has 1 aromatic carbocycles. The van der Waals surface area contributed by atoms with Crippen LogP contribution in [0.25, 0.3) is 11.1 Å². The van der Waals surface area contributed by atoms with Crippen molar-refractivity contribution in [2.24, 2.45) is 0 Å². The van der Waals surface area contributed by atoms with Gasteiger partial charge in [0.05, 0.1) is 5.69 Å². The Morgan fingerprint density at radius 1 is 1.47 bits per heavy atom. The fraction of sp³-hybridized carbons (Fsp3) is 0.417. The van der Waals surface area contributed by atoms with Crippen molar-refractivity contribution in [1.29, 1.82) is 0 Å². The van der Waals surface area contributed by atoms with Gasteiger partial charge in [-0.3, -0.25) is 0 Å². The molecule has 92 valence electrons. The molecule has 0 bridgehead atoms. The fourth-order valence-corrected chi connectivity index (χ4v) is 2.11. The highest BCUT2D eigenvalue weighted by atomic mass is 79.9. The number of halogens is 1. The van der Waals surface area contributed by atoms with Gasteiger partial charge in [0.2, 0.25) is 0 Å². The van der Waals surface area contributed by atoms with Crippen molar-refractivity contribution in [3.05, 3.63) is 22.5 Å². The highest BCUT2D eigenvalue weighted by Gasteiger charge is 2.09. The molecule has 2 N–H and O–H groups in total. The maximum Gasteiger partial charge on any atom is 0.195 e. The number of anilines is 1. The topological polar surface area (TPSA) is 61.3 Å². The number of aryl methyl sites for hydroxylation is 1. The van der Waals surface area contributed by atoms with Gasteiger partial charge in [0, 0.05) is 24.1 Å². The number of rotatable bonds is 5. The molecule has 5 heteroatoms. The van der Waals surface area contributed by atoms with Gasteiger partial charge in [-0.25, -0.2) is 4.98 Å². The highest BCUT2D eigenvalue weighted by Crippen LogP contribution is 2.27. The second-order valence-corrected chi connectivity index (χ2v) is 4.67. The van der Waals surface area contributed by atoms with E-state index < -0.39 is 0 Å². The molecule has 2 rings (SSSR count). The van der Waals surface area contributed by atoms with Gasteiger partial charge in [-0.1, -0.05) is 15.9 Å². The summed E-state index contributed by atoms with van der Waals surface area (Å²) in [5.41, 5.74) is 7.93. The summed E-state index contributed by atoms with van der Waals surface area (Å²) >= 11 is 3.38. The van der Waals surface area contributed by atoms with Crippen LogP contribution in [0.1, 0.15) is 19.2 Å². The van der Waals surface area contributed by atoms with Crippen molar-refractivity contribution >= 4 is 32.7 Å². The van der Waals surface area contributed by atoms with E-state index in [-0.39, 0.29) is 0 Å². The lowest BCUT2D eigenvalue weighted by molar-refractivity contribution is 0.144. The Labute approximate surface area is 108 Å². The zero-order chi connectivity index (χ0) is 12.3. The number of nitrogen functional groups attached to an aromatic ring is 1. The van der Waals surface area contributed by atoms with Crippen molar-refractivity contribution in [3.8, 4) is 0 Å². The van der Waals surface area contributed by atoms with Crippen LogP contribution in [0, 0.1) is 0 Å². The van der Waals surface area contributed by atoms with Crippen molar-refractivity contribution < 1.29 is 9.15 Å². The standard InChI is InChI=1S/C12H15BrN2O2/c1-2-16-5-3-4-11-15-10-7-8(13)6-9(14)12(10)17-11/h6-7H,2-5,14H2,1H3. The number of nitrogens with two attached hydrogens (primary N) is 1. The molecule has 0 saturated heterocycles. The van der Waals surface area contributed by atoms with Crippen LogP contribution in [0.3, 0.4) is 0 Å². The lowest BCUT2D eigenvalue weighted by Gasteiger charge is -1.97. The Balaban J connectivity index is 2.12. The number of oxazole rings is 1. The largest absolute Gasteiger partial charge is 0.439 e. The summed E-state index contributed by atoms with van der Waals surface area (Å²) in [7, 11) is 0. The first kappa shape index (κ1) is 12.4. The third kappa shape index (κ3) is 2.98. The minimum absolute atomic E-state index is 0.609. The Morgan fingerprint density at radius 3 is 3.06 bits per heavy atom. The summed E-state index contributed by atoms with van der Waals surface area (Å²) in [5.74, 6) is 0.713. The van der Waals surface area contributed by atoms with Gasteiger partial charge in [0.25, 0.3) is 0 Å². The van der Waals surface area contributed by atoms with E-state index in [2.05, 4.69) is 20.9 Å². The Hall–Kier alpha value is -1.07. The summed E-state index contributed by atoms with van der Waals surface area (Å²) < 4.78 is 11.8. The summed E-state index contributed by atoms with van der Waals surface area (Å²) in [5, 5.41) is 0. The van der Waals surface area contributed by atoms with E-state index in [4.69, 9.17) is 14.9 Å². The van der Waals surface area contributed by atoms with Gasteiger partial charge in [0.1, 0.15) is 5.52 Å². The van der Waals surface area contributed by atoms with E-state index in [1.807, 2.05) is 19.1 Å². The number of ether oxygens (including phenoxy) is 1. The average Bonchev–Trinajstić information content (AvgIpc) is 2.67. The molecule has 0 radical (unpaired) electrons. The number of hydrogen-bond acceptors (Lipinski definition) is 4. The highest BCUT2D eigenvalue weighted by molar-refractivity contribution is 9.10. The summed E-state index contributed by atoms with van der Waals surface area (Å²) in [4.78, 5) is 4.40. The van der Waals surface area contributed by atoms with E-state index >= 15 is 0 Å². The third-order valence-electron chi connectivity index (χ3n) is 2.41. The molecule has 2 aromatic rings. The summed E-state index contributed by atoms with van der Waals surface area (Å²) in [6.45, 7) is 3.46. The van der Waals surface area contributed by atoms with Crippen LogP contribution in [0.15, 0.2) is 21.0 Å². The van der Waals surface area contributed by atoms with E-state index in [1.165, 1.54) is 0 Å². The molecule has 0 saturated carbocycles. The third-order valence-corrected chi connectivity index (χ3v) is 2.87. The summed E-state index contributed by atoms with van der Waals surface area (Å²) in [6, 6.07) is 3.72. The van der Waals surface area contributed by atoms with E-state index in [9.17, 15) is 0 Å². The van der Waals surface area contributed by atoms with Crippen molar-refractivity contribution in [3.63, 3.8) is 0 Å². The molecule has 0 aliphatic heterocycles. The normalized spacial score (nSPS) is 11.2. The molecule has 0 amide bonds. The van der Waals surface area contributed by atoms with E-state index in [0.29, 0.717) is 17.2 Å². The fourth-order valence-electron chi connectivity index (χ4n) is 1.65. The van der Waals surface area contributed by atoms with Gasteiger partial charge >= 0.3 is 0 Å². The number of benzene rings is 1. The van der Waals surface area contributed by atoms with Crippen LogP contribution in [0.4, 0.5) is 5.69 Å². The van der Waals surface area contributed by atoms with Crippen LogP contribution >= 0.6 is 15.9 Å². The molecular formula is C12H15BrN2O2. The molecule has 0 aliphatic rings. The average molecular weight is 299 g/mol. The monoisotopic (exact) mass is 298 g/mol. The molecule has 0 fully saturated rings. The zero-order valence-electron chi connectivity index (χ0n) is 9.70. The van der Waals surface area contributed by atoms with Crippen LogP contribution in [-0.4, -0.2) is 18.2 Å². The first-order valence-corrected chi connectivity index (χ1v) is 6.42. The van der Waals surface area contributed by atoms with Crippen molar-refractivity contribution in [1.82, 2.24) is 4.98 Å². The minimum atomic E-state index is 0.609.